The quantitative estimate of drug-likeness (QED) is 0.582. The molecule has 0 radical (unpaired) electrons. The molecule has 2 aromatic rings. The zero-order valence-electron chi connectivity index (χ0n) is 16.0. The molecular weight excluding hydrogens is 350 g/mol. The van der Waals surface area contributed by atoms with Crippen LogP contribution in [0, 0.1) is 0 Å². The van der Waals surface area contributed by atoms with Gasteiger partial charge in [-0.3, -0.25) is 10.1 Å². The van der Waals surface area contributed by atoms with Gasteiger partial charge in [-0.25, -0.2) is 0 Å². The third-order valence-corrected chi connectivity index (χ3v) is 3.70. The minimum absolute atomic E-state index is 0.0266. The molecule has 3 N–H and O–H groups in total. The Labute approximate surface area is 157 Å². The Kier molecular flexibility index (Phi) is 5.79. The number of rotatable bonds is 9. The van der Waals surface area contributed by atoms with E-state index >= 15 is 0 Å². The second-order valence-electron chi connectivity index (χ2n) is 7.01. The molecule has 0 unspecified atom stereocenters. The highest BCUT2D eigenvalue weighted by Crippen LogP contribution is 2.38. The Hall–Kier alpha value is -2.82. The number of nitrogens with zero attached hydrogens (tertiary/aromatic N) is 6. The van der Waals surface area contributed by atoms with Gasteiger partial charge < -0.3 is 20.0 Å². The lowest BCUT2D eigenvalue weighted by Gasteiger charge is -2.11. The van der Waals surface area contributed by atoms with Crippen LogP contribution in [0.4, 0.5) is 17.9 Å². The van der Waals surface area contributed by atoms with E-state index in [1.165, 1.54) is 0 Å². The molecule has 146 valence electrons. The molecule has 2 heterocycles. The number of amides is 1. The number of anilines is 3. The van der Waals surface area contributed by atoms with E-state index in [0.717, 1.165) is 25.2 Å². The van der Waals surface area contributed by atoms with Crippen molar-refractivity contribution in [2.24, 2.45) is 0 Å². The van der Waals surface area contributed by atoms with Crippen molar-refractivity contribution in [2.75, 3.05) is 37.8 Å². The van der Waals surface area contributed by atoms with Gasteiger partial charge in [-0.1, -0.05) is 5.10 Å². The van der Waals surface area contributed by atoms with E-state index in [-0.39, 0.29) is 17.9 Å². The van der Waals surface area contributed by atoms with Crippen molar-refractivity contribution in [1.82, 2.24) is 35.4 Å². The maximum atomic E-state index is 11.9. The zero-order valence-corrected chi connectivity index (χ0v) is 16.0. The van der Waals surface area contributed by atoms with Gasteiger partial charge in [0.05, 0.1) is 0 Å². The zero-order chi connectivity index (χ0) is 19.4. The SMILES string of the molecule is CC(C)NC(=O)c1nnc(Nc2nc(NCCN(C)C)nc(C3CC3)n2)o1. The third-order valence-electron chi connectivity index (χ3n) is 3.70. The van der Waals surface area contributed by atoms with Crippen molar-refractivity contribution in [2.45, 2.75) is 38.6 Å². The molecule has 27 heavy (non-hydrogen) atoms. The summed E-state index contributed by atoms with van der Waals surface area (Å²) in [5, 5.41) is 16.3. The number of likely N-dealkylation sites (N-methyl/N-ethyl adjacent to an activating group) is 1. The van der Waals surface area contributed by atoms with Gasteiger partial charge in [0.2, 0.25) is 11.9 Å². The summed E-state index contributed by atoms with van der Waals surface area (Å²) < 4.78 is 5.35. The first-order valence-electron chi connectivity index (χ1n) is 8.96. The van der Waals surface area contributed by atoms with Gasteiger partial charge in [-0.05, 0) is 40.8 Å². The Balaban J connectivity index is 1.71. The summed E-state index contributed by atoms with van der Waals surface area (Å²) in [6.45, 7) is 5.26. The summed E-state index contributed by atoms with van der Waals surface area (Å²) in [7, 11) is 4.00. The summed E-state index contributed by atoms with van der Waals surface area (Å²) in [5.74, 6) is 1.35. The van der Waals surface area contributed by atoms with Crippen molar-refractivity contribution in [3.05, 3.63) is 11.7 Å². The maximum Gasteiger partial charge on any atom is 0.322 e. The molecule has 11 heteroatoms. The van der Waals surface area contributed by atoms with E-state index in [9.17, 15) is 4.79 Å². The topological polar surface area (TPSA) is 134 Å². The minimum Gasteiger partial charge on any atom is -0.399 e. The maximum absolute atomic E-state index is 11.9. The van der Waals surface area contributed by atoms with Crippen LogP contribution in [-0.2, 0) is 0 Å². The standard InChI is InChI=1S/C16H25N9O2/c1-9(2)18-12(26)13-23-24-16(27-13)22-15-20-11(10-5-6-10)19-14(21-15)17-7-8-25(3)4/h9-10H,5-8H2,1-4H3,(H,18,26)(H2,17,19,20,21,22,24). The summed E-state index contributed by atoms with van der Waals surface area (Å²) in [5.41, 5.74) is 0. The van der Waals surface area contributed by atoms with Crippen molar-refractivity contribution in [3.63, 3.8) is 0 Å². The van der Waals surface area contributed by atoms with Crippen molar-refractivity contribution < 1.29 is 9.21 Å². The third kappa shape index (κ3) is 5.58. The van der Waals surface area contributed by atoms with E-state index in [0.29, 0.717) is 24.4 Å². The summed E-state index contributed by atoms with van der Waals surface area (Å²) in [6.07, 6.45) is 2.14. The number of nitrogens with one attached hydrogen (secondary N) is 3. The Morgan fingerprint density at radius 2 is 1.93 bits per heavy atom. The molecule has 1 aliphatic rings. The fraction of sp³-hybridized carbons (Fsp3) is 0.625. The van der Waals surface area contributed by atoms with E-state index in [4.69, 9.17) is 4.42 Å². The molecule has 1 amide bonds. The van der Waals surface area contributed by atoms with Crippen LogP contribution in [0.3, 0.4) is 0 Å². The number of carbonyl (C=O) groups is 1. The lowest BCUT2D eigenvalue weighted by atomic mass is 10.4. The van der Waals surface area contributed by atoms with Crippen LogP contribution in [0.1, 0.15) is 49.1 Å². The number of hydrogen-bond donors (Lipinski definition) is 3. The molecule has 3 rings (SSSR count). The fourth-order valence-electron chi connectivity index (χ4n) is 2.23. The Morgan fingerprint density at radius 3 is 2.59 bits per heavy atom. The highest BCUT2D eigenvalue weighted by Gasteiger charge is 2.28. The largest absolute Gasteiger partial charge is 0.399 e. The molecule has 1 saturated carbocycles. The van der Waals surface area contributed by atoms with Crippen LogP contribution in [0.5, 0.6) is 0 Å². The van der Waals surface area contributed by atoms with Crippen LogP contribution in [0.25, 0.3) is 0 Å². The van der Waals surface area contributed by atoms with Crippen molar-refractivity contribution >= 4 is 23.8 Å². The summed E-state index contributed by atoms with van der Waals surface area (Å²) in [6, 6.07) is 0.0253. The summed E-state index contributed by atoms with van der Waals surface area (Å²) in [4.78, 5) is 27.2. The van der Waals surface area contributed by atoms with Gasteiger partial charge >= 0.3 is 17.8 Å². The van der Waals surface area contributed by atoms with E-state index in [1.54, 1.807) is 0 Å². The molecule has 11 nitrogen and oxygen atoms in total. The van der Waals surface area contributed by atoms with Gasteiger partial charge in [-0.15, -0.1) is 5.10 Å². The molecule has 2 aromatic heterocycles. The molecular formula is C16H25N9O2. The fourth-order valence-corrected chi connectivity index (χ4v) is 2.23. The molecule has 0 atom stereocenters. The monoisotopic (exact) mass is 375 g/mol. The molecule has 0 aromatic carbocycles. The number of aromatic nitrogens is 5. The molecule has 0 saturated heterocycles. The first-order valence-corrected chi connectivity index (χ1v) is 8.96. The molecule has 0 aliphatic heterocycles. The first kappa shape index (κ1) is 19.0. The second kappa shape index (κ2) is 8.25. The average molecular weight is 375 g/mol. The second-order valence-corrected chi connectivity index (χ2v) is 7.01. The van der Waals surface area contributed by atoms with Gasteiger partial charge in [-0.2, -0.15) is 15.0 Å². The Morgan fingerprint density at radius 1 is 1.19 bits per heavy atom. The van der Waals surface area contributed by atoms with E-state index in [2.05, 4.69) is 46.0 Å². The molecule has 1 fully saturated rings. The average Bonchev–Trinajstić information content (AvgIpc) is 3.33. The highest BCUT2D eigenvalue weighted by atomic mass is 16.4. The number of hydrogen-bond acceptors (Lipinski definition) is 10. The normalized spacial score (nSPS) is 13.9. The minimum atomic E-state index is -0.425. The van der Waals surface area contributed by atoms with Crippen molar-refractivity contribution in [3.8, 4) is 0 Å². The van der Waals surface area contributed by atoms with Gasteiger partial charge in [0.25, 0.3) is 0 Å². The molecule has 0 bridgehead atoms. The van der Waals surface area contributed by atoms with E-state index in [1.807, 2.05) is 27.9 Å². The van der Waals surface area contributed by atoms with Gasteiger partial charge in [0.15, 0.2) is 0 Å². The first-order chi connectivity index (χ1) is 12.9. The molecule has 0 spiro atoms. The van der Waals surface area contributed by atoms with Crippen LogP contribution >= 0.6 is 0 Å². The van der Waals surface area contributed by atoms with E-state index < -0.39 is 5.91 Å². The van der Waals surface area contributed by atoms with Crippen LogP contribution < -0.4 is 16.0 Å². The lowest BCUT2D eigenvalue weighted by Crippen LogP contribution is -2.30. The smallest absolute Gasteiger partial charge is 0.322 e. The van der Waals surface area contributed by atoms with Crippen LogP contribution in [-0.4, -0.2) is 69.2 Å². The van der Waals surface area contributed by atoms with Crippen LogP contribution in [0.15, 0.2) is 4.42 Å². The highest BCUT2D eigenvalue weighted by molar-refractivity contribution is 5.89. The molecule has 1 aliphatic carbocycles. The van der Waals surface area contributed by atoms with Crippen LogP contribution in [0.2, 0.25) is 0 Å². The predicted molar refractivity (Wildman–Crippen MR) is 99.0 cm³/mol. The summed E-state index contributed by atoms with van der Waals surface area (Å²) >= 11 is 0. The predicted octanol–water partition coefficient (Wildman–Crippen LogP) is 0.987. The van der Waals surface area contributed by atoms with Gasteiger partial charge in [0, 0.05) is 25.0 Å². The number of carbonyl (C=O) groups excluding carboxylic acids is 1. The lowest BCUT2D eigenvalue weighted by molar-refractivity contribution is 0.0909. The van der Waals surface area contributed by atoms with Crippen molar-refractivity contribution in [1.29, 1.82) is 0 Å². The van der Waals surface area contributed by atoms with Gasteiger partial charge in [0.1, 0.15) is 5.82 Å². The Bertz CT molecular complexity index is 786.